The van der Waals surface area contributed by atoms with Gasteiger partial charge >= 0.3 is 7.12 Å². The van der Waals surface area contributed by atoms with Gasteiger partial charge in [-0.1, -0.05) is 0 Å². The van der Waals surface area contributed by atoms with Crippen molar-refractivity contribution in [3.05, 3.63) is 36.8 Å². The molecule has 0 fully saturated rings. The first-order chi connectivity index (χ1) is 11.1. The van der Waals surface area contributed by atoms with Crippen LogP contribution in [0.1, 0.15) is 13.7 Å². The van der Waals surface area contributed by atoms with E-state index in [0.29, 0.717) is 0 Å². The van der Waals surface area contributed by atoms with Crippen molar-refractivity contribution in [2.45, 2.75) is 6.85 Å². The molecule has 2 aromatic heterocycles. The Hall–Kier alpha value is -2.12. The Morgan fingerprint density at radius 3 is 3.16 bits per heavy atom. The van der Waals surface area contributed by atoms with Crippen molar-refractivity contribution in [3.63, 3.8) is 0 Å². The predicted molar refractivity (Wildman–Crippen MR) is 69.5 cm³/mol. The monoisotopic (exact) mass is 265 g/mol. The molecule has 0 spiro atoms. The summed E-state index contributed by atoms with van der Waals surface area (Å²) in [4.78, 5) is 7.63. The van der Waals surface area contributed by atoms with Gasteiger partial charge in [0.1, 0.15) is 5.75 Å². The first-order valence-electron chi connectivity index (χ1n) is 7.73. The number of nitrogens with zero attached hydrogens (tertiary/aromatic N) is 2. The summed E-state index contributed by atoms with van der Waals surface area (Å²) in [5, 5.41) is 18.2. The van der Waals surface area contributed by atoms with Gasteiger partial charge in [-0.15, -0.1) is 0 Å². The Balaban J connectivity index is 2.28. The predicted octanol–water partition coefficient (Wildman–Crippen LogP) is 0.347. The van der Waals surface area contributed by atoms with Crippen molar-refractivity contribution >= 4 is 12.6 Å². The van der Waals surface area contributed by atoms with Crippen LogP contribution in [0.5, 0.6) is 17.4 Å². The summed E-state index contributed by atoms with van der Waals surface area (Å²) < 4.78 is 46.8. The highest BCUT2D eigenvalue weighted by Crippen LogP contribution is 2.27. The second kappa shape index (κ2) is 6.17. The van der Waals surface area contributed by atoms with Crippen LogP contribution in [0.25, 0.3) is 0 Å². The van der Waals surface area contributed by atoms with E-state index in [1.54, 1.807) is 0 Å². The number of pyridine rings is 2. The summed E-state index contributed by atoms with van der Waals surface area (Å²) in [6.07, 6.45) is 3.83. The van der Waals surface area contributed by atoms with E-state index in [4.69, 9.17) is 26.4 Å². The van der Waals surface area contributed by atoms with E-state index in [9.17, 15) is 0 Å². The molecule has 0 radical (unpaired) electrons. The lowest BCUT2D eigenvalue weighted by atomic mass is 9.82. The molecule has 0 amide bonds. The smallest absolute Gasteiger partial charge is 0.488 e. The molecule has 0 unspecified atom stereocenters. The Labute approximate surface area is 117 Å². The number of rotatable bonds is 5. The average Bonchev–Trinajstić information content (AvgIpc) is 2.48. The minimum atomic E-state index is -3.01. The number of ether oxygens (including phenoxy) is 2. The fraction of sp³-hybridized carbons (Fsp3) is 0.167. The molecule has 2 aromatic rings. The van der Waals surface area contributed by atoms with Crippen LogP contribution in [0.3, 0.4) is 0 Å². The second-order valence-corrected chi connectivity index (χ2v) is 3.44. The van der Waals surface area contributed by atoms with E-state index in [1.807, 2.05) is 0 Å². The fourth-order valence-electron chi connectivity index (χ4n) is 1.33. The maximum atomic E-state index is 9.12. The van der Waals surface area contributed by atoms with Crippen LogP contribution in [0, 0.1) is 0 Å². The van der Waals surface area contributed by atoms with Gasteiger partial charge in [0.05, 0.1) is 15.5 Å². The lowest BCUT2D eigenvalue weighted by molar-refractivity contribution is 0.316. The molecule has 0 saturated heterocycles. The van der Waals surface area contributed by atoms with Gasteiger partial charge in [0.25, 0.3) is 5.88 Å². The van der Waals surface area contributed by atoms with Crippen LogP contribution in [0.4, 0.5) is 0 Å². The molecule has 6 nitrogen and oxygen atoms in total. The molecule has 19 heavy (non-hydrogen) atoms. The third-order valence-electron chi connectivity index (χ3n) is 2.14. The summed E-state index contributed by atoms with van der Waals surface area (Å²) in [5.74, 6) is -0.343. The first kappa shape index (κ1) is 8.14. The third-order valence-corrected chi connectivity index (χ3v) is 2.14. The molecule has 0 bridgehead atoms. The second-order valence-electron chi connectivity index (χ2n) is 3.44. The van der Waals surface area contributed by atoms with Gasteiger partial charge in [0.2, 0.25) is 0 Å². The Kier molecular flexibility index (Phi) is 2.64. The Morgan fingerprint density at radius 1 is 1.47 bits per heavy atom. The summed E-state index contributed by atoms with van der Waals surface area (Å²) in [6, 6.07) is 4.00. The Bertz CT molecular complexity index is 714. The zero-order chi connectivity index (χ0) is 18.0. The maximum Gasteiger partial charge on any atom is 0.490 e. The summed E-state index contributed by atoms with van der Waals surface area (Å²) in [5.41, 5.74) is 0.0729. The number of aromatic nitrogens is 2. The summed E-state index contributed by atoms with van der Waals surface area (Å²) >= 11 is 0. The molecule has 0 atom stereocenters. The van der Waals surface area contributed by atoms with E-state index in [1.165, 1.54) is 36.8 Å². The van der Waals surface area contributed by atoms with Gasteiger partial charge in [-0.3, -0.25) is 4.98 Å². The van der Waals surface area contributed by atoms with Crippen molar-refractivity contribution in [2.24, 2.45) is 0 Å². The molecule has 2 heterocycles. The van der Waals surface area contributed by atoms with E-state index < -0.39 is 20.5 Å². The average molecular weight is 265 g/mol. The van der Waals surface area contributed by atoms with E-state index in [2.05, 4.69) is 9.97 Å². The molecule has 0 aromatic carbocycles. The van der Waals surface area contributed by atoms with Crippen LogP contribution in [0.15, 0.2) is 36.8 Å². The SMILES string of the molecule is [2H]C([2H])([2H])C([2H])([2H])Oc1cccnc1Oc1cncc(B(O)O)c1. The van der Waals surface area contributed by atoms with E-state index >= 15 is 0 Å². The largest absolute Gasteiger partial charge is 0.490 e. The quantitative estimate of drug-likeness (QED) is 0.759. The van der Waals surface area contributed by atoms with Crippen molar-refractivity contribution in [1.82, 2.24) is 9.97 Å². The van der Waals surface area contributed by atoms with Crippen molar-refractivity contribution in [3.8, 4) is 17.4 Å². The van der Waals surface area contributed by atoms with E-state index in [0.717, 1.165) is 0 Å². The van der Waals surface area contributed by atoms with E-state index in [-0.39, 0.29) is 22.8 Å². The molecular weight excluding hydrogens is 247 g/mol. The van der Waals surface area contributed by atoms with Crippen LogP contribution in [0.2, 0.25) is 0 Å². The fourth-order valence-corrected chi connectivity index (χ4v) is 1.33. The topological polar surface area (TPSA) is 84.7 Å². The first-order valence-corrected chi connectivity index (χ1v) is 5.23. The molecule has 2 N–H and O–H groups in total. The van der Waals surface area contributed by atoms with Crippen molar-refractivity contribution < 1.29 is 26.4 Å². The van der Waals surface area contributed by atoms with Gasteiger partial charge < -0.3 is 19.5 Å². The van der Waals surface area contributed by atoms with Crippen molar-refractivity contribution in [2.75, 3.05) is 6.56 Å². The number of hydrogen-bond donors (Lipinski definition) is 2. The highest BCUT2D eigenvalue weighted by molar-refractivity contribution is 6.58. The summed E-state index contributed by atoms with van der Waals surface area (Å²) in [6.45, 7) is -5.96. The van der Waals surface area contributed by atoms with Crippen LogP contribution in [-0.4, -0.2) is 33.7 Å². The van der Waals surface area contributed by atoms with Gasteiger partial charge in [-0.05, 0) is 25.1 Å². The molecule has 98 valence electrons. The molecule has 0 aliphatic carbocycles. The minimum absolute atomic E-state index is 0.0729. The zero-order valence-corrected chi connectivity index (χ0v) is 9.65. The minimum Gasteiger partial charge on any atom is -0.488 e. The maximum absolute atomic E-state index is 9.12. The standard InChI is InChI=1S/C12H13BN2O4/c1-2-18-11-4-3-5-15-12(11)19-10-6-9(13(16)17)7-14-8-10/h3-8,16-17H,2H2,1H3/i1D3,2D2. The molecule has 0 aliphatic heterocycles. The zero-order valence-electron chi connectivity index (χ0n) is 14.6. The summed E-state index contributed by atoms with van der Waals surface area (Å²) in [7, 11) is -1.75. The lowest BCUT2D eigenvalue weighted by Gasteiger charge is -2.10. The normalized spacial score (nSPS) is 15.4. The number of hydrogen-bond acceptors (Lipinski definition) is 6. The van der Waals surface area contributed by atoms with Crippen LogP contribution in [-0.2, 0) is 0 Å². The highest BCUT2D eigenvalue weighted by Gasteiger charge is 2.13. The molecule has 7 heteroatoms. The molecule has 0 saturated carbocycles. The lowest BCUT2D eigenvalue weighted by Crippen LogP contribution is -2.30. The van der Waals surface area contributed by atoms with Gasteiger partial charge in [0, 0.05) is 22.0 Å². The molecule has 2 rings (SSSR count). The van der Waals surface area contributed by atoms with Crippen LogP contribution >= 0.6 is 0 Å². The molecular formula is C12H13BN2O4. The Morgan fingerprint density at radius 2 is 2.37 bits per heavy atom. The molecule has 0 aliphatic rings. The highest BCUT2D eigenvalue weighted by atomic mass is 16.5. The van der Waals surface area contributed by atoms with Crippen LogP contribution < -0.4 is 14.9 Å². The van der Waals surface area contributed by atoms with Crippen molar-refractivity contribution in [1.29, 1.82) is 0 Å². The van der Waals surface area contributed by atoms with Gasteiger partial charge in [-0.25, -0.2) is 4.98 Å². The third kappa shape index (κ3) is 3.43. The van der Waals surface area contributed by atoms with Gasteiger partial charge in [0.15, 0.2) is 5.75 Å². The van der Waals surface area contributed by atoms with Gasteiger partial charge in [-0.2, -0.15) is 0 Å².